The zero-order valence-electron chi connectivity index (χ0n) is 15.6. The van der Waals surface area contributed by atoms with Crippen LogP contribution in [0.4, 0.5) is 0 Å². The number of nitrogens with zero attached hydrogens (tertiary/aromatic N) is 4. The van der Waals surface area contributed by atoms with E-state index >= 15 is 0 Å². The molecule has 1 aromatic rings. The minimum atomic E-state index is -2.85. The van der Waals surface area contributed by atoms with Crippen molar-refractivity contribution in [1.82, 2.24) is 20.3 Å². The fourth-order valence-electron chi connectivity index (χ4n) is 3.39. The molecule has 0 aliphatic carbocycles. The molecule has 146 valence electrons. The molecule has 3 rings (SSSR count). The van der Waals surface area contributed by atoms with Crippen molar-refractivity contribution in [3.05, 3.63) is 18.0 Å². The van der Waals surface area contributed by atoms with E-state index in [1.165, 1.54) is 0 Å². The molecule has 26 heavy (non-hydrogen) atoms. The molecule has 2 aliphatic rings. The van der Waals surface area contributed by atoms with Crippen molar-refractivity contribution >= 4 is 15.8 Å². The van der Waals surface area contributed by atoms with Crippen molar-refractivity contribution in [2.75, 3.05) is 44.2 Å². The summed E-state index contributed by atoms with van der Waals surface area (Å²) in [7, 11) is -2.85. The minimum Gasteiger partial charge on any atom is -0.364 e. The maximum absolute atomic E-state index is 11.6. The zero-order valence-corrected chi connectivity index (χ0v) is 16.4. The quantitative estimate of drug-likeness (QED) is 0.587. The van der Waals surface area contributed by atoms with Gasteiger partial charge in [-0.3, -0.25) is 9.89 Å². The van der Waals surface area contributed by atoms with Crippen LogP contribution in [0.3, 0.4) is 0 Å². The highest BCUT2D eigenvalue weighted by atomic mass is 32.2. The van der Waals surface area contributed by atoms with Gasteiger partial charge < -0.3 is 14.7 Å². The van der Waals surface area contributed by atoms with Gasteiger partial charge in [-0.2, -0.15) is 0 Å². The monoisotopic (exact) mass is 383 g/mol. The Labute approximate surface area is 155 Å². The number of aromatic nitrogens is 1. The third-order valence-electron chi connectivity index (χ3n) is 4.79. The van der Waals surface area contributed by atoms with Gasteiger partial charge in [0.25, 0.3) is 0 Å². The van der Waals surface area contributed by atoms with Crippen LogP contribution in [0.25, 0.3) is 0 Å². The predicted molar refractivity (Wildman–Crippen MR) is 101 cm³/mol. The Hall–Kier alpha value is -1.61. The molecular weight excluding hydrogens is 354 g/mol. The third kappa shape index (κ3) is 5.44. The maximum Gasteiger partial charge on any atom is 0.194 e. The Bertz CT molecular complexity index is 694. The van der Waals surface area contributed by atoms with Crippen LogP contribution >= 0.6 is 0 Å². The number of piperazine rings is 1. The number of nitrogens with one attached hydrogen (secondary N) is 1. The van der Waals surface area contributed by atoms with Crippen LogP contribution in [-0.4, -0.2) is 79.6 Å². The van der Waals surface area contributed by atoms with E-state index in [4.69, 9.17) is 9.52 Å². The number of rotatable bonds is 5. The highest BCUT2D eigenvalue weighted by molar-refractivity contribution is 7.91. The molecule has 2 saturated heterocycles. The summed E-state index contributed by atoms with van der Waals surface area (Å²) in [5, 5.41) is 7.41. The predicted octanol–water partition coefficient (Wildman–Crippen LogP) is 0.581. The molecule has 0 amide bonds. The van der Waals surface area contributed by atoms with E-state index in [-0.39, 0.29) is 17.7 Å². The van der Waals surface area contributed by atoms with Gasteiger partial charge in [-0.05, 0) is 26.2 Å². The number of guanidine groups is 1. The second-order valence-electron chi connectivity index (χ2n) is 7.49. The molecule has 2 aliphatic heterocycles. The third-order valence-corrected chi connectivity index (χ3v) is 6.63. The summed E-state index contributed by atoms with van der Waals surface area (Å²) in [6, 6.07) is 2.18. The highest BCUT2D eigenvalue weighted by Gasteiger charge is 2.28. The lowest BCUT2D eigenvalue weighted by atomic mass is 10.1. The summed E-state index contributed by atoms with van der Waals surface area (Å²) in [4.78, 5) is 9.38. The lowest BCUT2D eigenvalue weighted by Gasteiger charge is -2.36. The molecule has 3 heterocycles. The Kier molecular flexibility index (Phi) is 6.18. The van der Waals surface area contributed by atoms with E-state index in [1.807, 2.05) is 6.07 Å². The topological polar surface area (TPSA) is 91.0 Å². The first kappa shape index (κ1) is 19.2. The lowest BCUT2D eigenvalue weighted by Crippen LogP contribution is -2.53. The van der Waals surface area contributed by atoms with Gasteiger partial charge in [-0.1, -0.05) is 5.16 Å². The second kappa shape index (κ2) is 8.39. The normalized spacial score (nSPS) is 24.3. The van der Waals surface area contributed by atoms with Gasteiger partial charge in [0.2, 0.25) is 0 Å². The molecule has 1 atom stereocenters. The van der Waals surface area contributed by atoms with Gasteiger partial charge in [0.1, 0.15) is 6.26 Å². The maximum atomic E-state index is 11.6. The van der Waals surface area contributed by atoms with Crippen molar-refractivity contribution in [3.8, 4) is 0 Å². The van der Waals surface area contributed by atoms with E-state index in [1.54, 1.807) is 6.26 Å². The first-order valence-corrected chi connectivity index (χ1v) is 11.1. The van der Waals surface area contributed by atoms with Crippen LogP contribution in [0.2, 0.25) is 0 Å². The van der Waals surface area contributed by atoms with Gasteiger partial charge >= 0.3 is 0 Å². The molecule has 1 aromatic heterocycles. The number of aliphatic imine (C=N–C) groups is 1. The summed E-state index contributed by atoms with van der Waals surface area (Å²) in [6.07, 6.45) is 2.33. The molecule has 0 radical (unpaired) electrons. The minimum absolute atomic E-state index is 0.150. The second-order valence-corrected chi connectivity index (χ2v) is 9.72. The van der Waals surface area contributed by atoms with E-state index in [0.717, 1.165) is 50.8 Å². The molecular formula is C17H29N5O3S. The van der Waals surface area contributed by atoms with E-state index < -0.39 is 9.84 Å². The summed E-state index contributed by atoms with van der Waals surface area (Å²) in [6.45, 7) is 9.21. The smallest absolute Gasteiger partial charge is 0.194 e. The van der Waals surface area contributed by atoms with Crippen molar-refractivity contribution in [3.63, 3.8) is 0 Å². The summed E-state index contributed by atoms with van der Waals surface area (Å²) in [5.41, 5.74) is 0.954. The average Bonchev–Trinajstić information content (AvgIpc) is 3.21. The van der Waals surface area contributed by atoms with Crippen molar-refractivity contribution in [1.29, 1.82) is 0 Å². The average molecular weight is 384 g/mol. The molecule has 0 bridgehead atoms. The summed E-state index contributed by atoms with van der Waals surface area (Å²) >= 11 is 0. The lowest BCUT2D eigenvalue weighted by molar-refractivity contribution is 0.168. The van der Waals surface area contributed by atoms with Crippen LogP contribution in [0, 0.1) is 5.92 Å². The molecule has 8 nitrogen and oxygen atoms in total. The molecule has 2 fully saturated rings. The fraction of sp³-hybridized carbons (Fsp3) is 0.765. The van der Waals surface area contributed by atoms with Gasteiger partial charge in [0.15, 0.2) is 15.8 Å². The van der Waals surface area contributed by atoms with Crippen LogP contribution in [0.15, 0.2) is 21.8 Å². The SMILES string of the molecule is CC(C)NC(=NCC1CCS(=O)(=O)C1)N1CCN(Cc2ccon2)CC1. The molecule has 1 unspecified atom stereocenters. The molecule has 0 spiro atoms. The molecule has 1 N–H and O–H groups in total. The zero-order chi connectivity index (χ0) is 18.6. The first-order valence-electron chi connectivity index (χ1n) is 9.29. The standard InChI is InChI=1S/C17H29N5O3S/c1-14(2)19-17(18-11-15-4-10-26(23,24)13-15)22-7-5-21(6-8-22)12-16-3-9-25-20-16/h3,9,14-15H,4-8,10-13H2,1-2H3,(H,18,19). The number of hydrogen-bond acceptors (Lipinski definition) is 6. The first-order chi connectivity index (χ1) is 12.4. The van der Waals surface area contributed by atoms with Crippen LogP contribution < -0.4 is 5.32 Å². The van der Waals surface area contributed by atoms with Gasteiger partial charge in [-0.25, -0.2) is 8.42 Å². The fourth-order valence-corrected chi connectivity index (χ4v) is 5.24. The van der Waals surface area contributed by atoms with Gasteiger partial charge in [-0.15, -0.1) is 0 Å². The van der Waals surface area contributed by atoms with E-state index in [0.29, 0.717) is 12.3 Å². The Morgan fingerprint density at radius 1 is 1.38 bits per heavy atom. The molecule has 0 saturated carbocycles. The van der Waals surface area contributed by atoms with Crippen LogP contribution in [0.1, 0.15) is 26.0 Å². The highest BCUT2D eigenvalue weighted by Crippen LogP contribution is 2.18. The number of hydrogen-bond donors (Lipinski definition) is 1. The van der Waals surface area contributed by atoms with Crippen molar-refractivity contribution in [2.45, 2.75) is 32.9 Å². The van der Waals surface area contributed by atoms with Crippen molar-refractivity contribution in [2.24, 2.45) is 10.9 Å². The van der Waals surface area contributed by atoms with Crippen LogP contribution in [0.5, 0.6) is 0 Å². The van der Waals surface area contributed by atoms with Gasteiger partial charge in [0, 0.05) is 51.4 Å². The van der Waals surface area contributed by atoms with Crippen LogP contribution in [-0.2, 0) is 16.4 Å². The Morgan fingerprint density at radius 2 is 2.15 bits per heavy atom. The molecule has 9 heteroatoms. The Balaban J connectivity index is 1.55. The Morgan fingerprint density at radius 3 is 2.73 bits per heavy atom. The van der Waals surface area contributed by atoms with Gasteiger partial charge in [0.05, 0.1) is 17.2 Å². The largest absolute Gasteiger partial charge is 0.364 e. The van der Waals surface area contributed by atoms with Crippen molar-refractivity contribution < 1.29 is 12.9 Å². The summed E-state index contributed by atoms with van der Waals surface area (Å²) in [5.74, 6) is 1.63. The van der Waals surface area contributed by atoms with E-state index in [2.05, 4.69) is 34.1 Å². The summed E-state index contributed by atoms with van der Waals surface area (Å²) < 4.78 is 28.2. The molecule has 0 aromatic carbocycles. The number of sulfone groups is 1. The van der Waals surface area contributed by atoms with E-state index in [9.17, 15) is 8.42 Å².